The average Bonchev–Trinajstić information content (AvgIpc) is 2.28. The molecular weight excluding hydrogens is 220 g/mol. The molecule has 4 heteroatoms. The van der Waals surface area contributed by atoms with E-state index in [4.69, 9.17) is 14.2 Å². The number of benzene rings is 1. The summed E-state index contributed by atoms with van der Waals surface area (Å²) in [7, 11) is 1.51. The van der Waals surface area contributed by atoms with Crippen LogP contribution < -0.4 is 9.47 Å². The van der Waals surface area contributed by atoms with E-state index < -0.39 is 5.97 Å². The molecule has 0 unspecified atom stereocenters. The number of ether oxygens (including phenoxy) is 3. The highest BCUT2D eigenvalue weighted by molar-refractivity contribution is 5.93. The highest BCUT2D eigenvalue weighted by Gasteiger charge is 2.14. The van der Waals surface area contributed by atoms with Gasteiger partial charge in [0.1, 0.15) is 17.1 Å². The van der Waals surface area contributed by atoms with E-state index in [0.29, 0.717) is 23.7 Å². The van der Waals surface area contributed by atoms with Crippen molar-refractivity contribution in [1.82, 2.24) is 0 Å². The van der Waals surface area contributed by atoms with Crippen LogP contribution >= 0.6 is 0 Å². The Morgan fingerprint density at radius 3 is 2.59 bits per heavy atom. The van der Waals surface area contributed by atoms with Gasteiger partial charge in [-0.15, -0.1) is 0 Å². The molecule has 1 rings (SSSR count). The van der Waals surface area contributed by atoms with E-state index in [9.17, 15) is 4.79 Å². The third kappa shape index (κ3) is 3.66. The number of hydrogen-bond acceptors (Lipinski definition) is 4. The number of methoxy groups -OCH3 is 1. The van der Waals surface area contributed by atoms with Crippen LogP contribution in [0.2, 0.25) is 0 Å². The second-order valence-electron chi connectivity index (χ2n) is 3.75. The Hall–Kier alpha value is -1.71. The molecular formula is C13H18O4. The van der Waals surface area contributed by atoms with Crippen molar-refractivity contribution >= 4 is 5.97 Å². The summed E-state index contributed by atoms with van der Waals surface area (Å²) in [5, 5.41) is 0. The number of esters is 1. The molecule has 0 saturated carbocycles. The second-order valence-corrected chi connectivity index (χ2v) is 3.75. The van der Waals surface area contributed by atoms with Gasteiger partial charge in [-0.1, -0.05) is 0 Å². The second kappa shape index (κ2) is 6.13. The van der Waals surface area contributed by atoms with Crippen molar-refractivity contribution in [3.05, 3.63) is 23.8 Å². The highest BCUT2D eigenvalue weighted by atomic mass is 16.5. The zero-order valence-electron chi connectivity index (χ0n) is 10.6. The van der Waals surface area contributed by atoms with Crippen molar-refractivity contribution < 1.29 is 19.0 Å². The van der Waals surface area contributed by atoms with Crippen LogP contribution in [0, 0.1) is 0 Å². The molecule has 0 amide bonds. The summed E-state index contributed by atoms with van der Waals surface area (Å²) in [6, 6.07) is 5.10. The van der Waals surface area contributed by atoms with Crippen LogP contribution in [0.4, 0.5) is 0 Å². The van der Waals surface area contributed by atoms with E-state index >= 15 is 0 Å². The molecule has 0 fully saturated rings. The lowest BCUT2D eigenvalue weighted by molar-refractivity contribution is 0.0522. The minimum atomic E-state index is -0.404. The first-order valence-electron chi connectivity index (χ1n) is 5.60. The zero-order valence-corrected chi connectivity index (χ0v) is 10.6. The Morgan fingerprint density at radius 1 is 1.35 bits per heavy atom. The minimum Gasteiger partial charge on any atom is -0.496 e. The van der Waals surface area contributed by atoms with Gasteiger partial charge in [-0.3, -0.25) is 0 Å². The molecule has 0 radical (unpaired) electrons. The van der Waals surface area contributed by atoms with Crippen LogP contribution in [-0.2, 0) is 4.74 Å². The van der Waals surface area contributed by atoms with E-state index in [1.54, 1.807) is 25.1 Å². The Bertz CT molecular complexity index is 385. The summed E-state index contributed by atoms with van der Waals surface area (Å²) in [6.45, 7) is 5.94. The third-order valence-electron chi connectivity index (χ3n) is 2.04. The molecule has 0 aliphatic heterocycles. The zero-order chi connectivity index (χ0) is 12.8. The molecule has 0 aliphatic rings. The van der Waals surface area contributed by atoms with E-state index in [0.717, 1.165) is 0 Å². The minimum absolute atomic E-state index is 0.0541. The molecule has 1 aromatic rings. The lowest BCUT2D eigenvalue weighted by atomic mass is 10.2. The molecule has 1 aromatic carbocycles. The van der Waals surface area contributed by atoms with Gasteiger partial charge in [0.15, 0.2) is 0 Å². The summed E-state index contributed by atoms with van der Waals surface area (Å²) in [6.07, 6.45) is 0.0541. The average molecular weight is 238 g/mol. The van der Waals surface area contributed by atoms with E-state index in [-0.39, 0.29) is 6.10 Å². The van der Waals surface area contributed by atoms with Gasteiger partial charge < -0.3 is 14.2 Å². The van der Waals surface area contributed by atoms with Gasteiger partial charge in [-0.05, 0) is 39.0 Å². The summed E-state index contributed by atoms with van der Waals surface area (Å²) >= 11 is 0. The third-order valence-corrected chi connectivity index (χ3v) is 2.04. The molecule has 0 saturated heterocycles. The fourth-order valence-electron chi connectivity index (χ4n) is 1.40. The van der Waals surface area contributed by atoms with Crippen LogP contribution in [0.3, 0.4) is 0 Å². The van der Waals surface area contributed by atoms with Gasteiger partial charge in [-0.2, -0.15) is 0 Å². The van der Waals surface area contributed by atoms with Gasteiger partial charge in [0.25, 0.3) is 0 Å². The quantitative estimate of drug-likeness (QED) is 0.740. The smallest absolute Gasteiger partial charge is 0.342 e. The first kappa shape index (κ1) is 13.4. The van der Waals surface area contributed by atoms with Crippen LogP contribution in [0.15, 0.2) is 18.2 Å². The fraction of sp³-hybridized carbons (Fsp3) is 0.462. The molecule has 0 aliphatic carbocycles. The predicted molar refractivity (Wildman–Crippen MR) is 64.7 cm³/mol. The maximum atomic E-state index is 11.7. The normalized spacial score (nSPS) is 10.2. The van der Waals surface area contributed by atoms with Crippen LogP contribution in [0.1, 0.15) is 31.1 Å². The predicted octanol–water partition coefficient (Wildman–Crippen LogP) is 2.66. The molecule has 94 valence electrons. The summed E-state index contributed by atoms with van der Waals surface area (Å²) in [5.74, 6) is 0.710. The van der Waals surface area contributed by atoms with E-state index in [1.807, 2.05) is 13.8 Å². The van der Waals surface area contributed by atoms with E-state index in [1.165, 1.54) is 7.11 Å². The molecule has 0 atom stereocenters. The van der Waals surface area contributed by atoms with Crippen molar-refractivity contribution in [3.8, 4) is 11.5 Å². The van der Waals surface area contributed by atoms with Gasteiger partial charge in [0, 0.05) is 0 Å². The van der Waals surface area contributed by atoms with E-state index in [2.05, 4.69) is 0 Å². The van der Waals surface area contributed by atoms with Gasteiger partial charge >= 0.3 is 5.97 Å². The highest BCUT2D eigenvalue weighted by Crippen LogP contribution is 2.25. The van der Waals surface area contributed by atoms with Crippen LogP contribution in [-0.4, -0.2) is 25.8 Å². The lowest BCUT2D eigenvalue weighted by Gasteiger charge is -2.13. The Kier molecular flexibility index (Phi) is 4.82. The molecule has 17 heavy (non-hydrogen) atoms. The molecule has 0 bridgehead atoms. The van der Waals surface area contributed by atoms with Crippen LogP contribution in [0.5, 0.6) is 11.5 Å². The number of carbonyl (C=O) groups is 1. The number of carbonyl (C=O) groups excluding carboxylic acids is 1. The maximum absolute atomic E-state index is 11.7. The van der Waals surface area contributed by atoms with Gasteiger partial charge in [0.05, 0.1) is 19.8 Å². The topological polar surface area (TPSA) is 44.8 Å². The first-order chi connectivity index (χ1) is 8.08. The molecule has 0 N–H and O–H groups in total. The molecule has 0 spiro atoms. The van der Waals surface area contributed by atoms with Crippen molar-refractivity contribution in [3.63, 3.8) is 0 Å². The number of hydrogen-bond donors (Lipinski definition) is 0. The van der Waals surface area contributed by atoms with Crippen LogP contribution in [0.25, 0.3) is 0 Å². The summed E-state index contributed by atoms with van der Waals surface area (Å²) in [5.41, 5.74) is 0.382. The SMILES string of the molecule is CCOC(=O)c1cc(OC(C)C)ccc1OC. The molecule has 4 nitrogen and oxygen atoms in total. The Balaban J connectivity index is 3.01. The molecule has 0 aromatic heterocycles. The monoisotopic (exact) mass is 238 g/mol. The standard InChI is InChI=1S/C13H18O4/c1-5-16-13(14)11-8-10(17-9(2)3)6-7-12(11)15-4/h6-9H,5H2,1-4H3. The Labute approximate surface area is 101 Å². The summed E-state index contributed by atoms with van der Waals surface area (Å²) in [4.78, 5) is 11.7. The van der Waals surface area contributed by atoms with Gasteiger partial charge in [0.2, 0.25) is 0 Å². The van der Waals surface area contributed by atoms with Crippen molar-refractivity contribution in [2.75, 3.05) is 13.7 Å². The maximum Gasteiger partial charge on any atom is 0.342 e. The number of rotatable bonds is 5. The van der Waals surface area contributed by atoms with Crippen molar-refractivity contribution in [2.45, 2.75) is 26.9 Å². The lowest BCUT2D eigenvalue weighted by Crippen LogP contribution is -2.09. The van der Waals surface area contributed by atoms with Crippen molar-refractivity contribution in [1.29, 1.82) is 0 Å². The fourth-order valence-corrected chi connectivity index (χ4v) is 1.40. The largest absolute Gasteiger partial charge is 0.496 e. The van der Waals surface area contributed by atoms with Gasteiger partial charge in [-0.25, -0.2) is 4.79 Å². The van der Waals surface area contributed by atoms with Crippen molar-refractivity contribution in [2.24, 2.45) is 0 Å². The molecule has 0 heterocycles. The summed E-state index contributed by atoms with van der Waals surface area (Å²) < 4.78 is 15.6. The first-order valence-corrected chi connectivity index (χ1v) is 5.60. The Morgan fingerprint density at radius 2 is 2.06 bits per heavy atom.